The van der Waals surface area contributed by atoms with E-state index in [2.05, 4.69) is 10.2 Å². The van der Waals surface area contributed by atoms with Crippen molar-refractivity contribution in [1.29, 1.82) is 0 Å². The van der Waals surface area contributed by atoms with E-state index in [1.165, 1.54) is 25.7 Å². The average Bonchev–Trinajstić information content (AvgIpc) is 3.07. The summed E-state index contributed by atoms with van der Waals surface area (Å²) in [6.45, 7) is 5.92. The molecule has 0 aromatic carbocycles. The van der Waals surface area contributed by atoms with E-state index in [9.17, 15) is 5.11 Å². The lowest BCUT2D eigenvalue weighted by Gasteiger charge is -2.31. The van der Waals surface area contributed by atoms with Crippen LogP contribution in [-0.2, 0) is 9.47 Å². The summed E-state index contributed by atoms with van der Waals surface area (Å²) in [5.41, 5.74) is 0. The number of nitrogens with zero attached hydrogens (tertiary/aromatic N) is 1. The molecule has 0 bridgehead atoms. The minimum Gasteiger partial charge on any atom is -0.389 e. The van der Waals surface area contributed by atoms with Crippen LogP contribution in [0.4, 0.5) is 0 Å². The Labute approximate surface area is 122 Å². The number of likely N-dealkylation sites (tertiary alicyclic amines) is 1. The molecule has 0 amide bonds. The number of rotatable bonds is 8. The molecular formula is C15H30N2O3. The van der Waals surface area contributed by atoms with E-state index in [1.54, 1.807) is 7.11 Å². The van der Waals surface area contributed by atoms with Gasteiger partial charge in [0, 0.05) is 25.7 Å². The van der Waals surface area contributed by atoms with Crippen molar-refractivity contribution < 1.29 is 14.6 Å². The number of ether oxygens (including phenoxy) is 2. The molecule has 0 aromatic rings. The molecule has 5 heteroatoms. The summed E-state index contributed by atoms with van der Waals surface area (Å²) in [5.74, 6) is 0. The van der Waals surface area contributed by atoms with E-state index in [0.717, 1.165) is 19.6 Å². The second kappa shape index (κ2) is 8.29. The van der Waals surface area contributed by atoms with Crippen molar-refractivity contribution in [3.8, 4) is 0 Å². The summed E-state index contributed by atoms with van der Waals surface area (Å²) in [4.78, 5) is 2.44. The molecule has 2 heterocycles. The van der Waals surface area contributed by atoms with Crippen molar-refractivity contribution >= 4 is 0 Å². The molecule has 20 heavy (non-hydrogen) atoms. The largest absolute Gasteiger partial charge is 0.389 e. The maximum absolute atomic E-state index is 10.2. The average molecular weight is 286 g/mol. The van der Waals surface area contributed by atoms with Gasteiger partial charge in [0.15, 0.2) is 0 Å². The summed E-state index contributed by atoms with van der Waals surface area (Å²) in [7, 11) is 1.67. The highest BCUT2D eigenvalue weighted by atomic mass is 16.5. The summed E-state index contributed by atoms with van der Waals surface area (Å²) >= 11 is 0. The first-order chi connectivity index (χ1) is 9.70. The third kappa shape index (κ3) is 4.67. The van der Waals surface area contributed by atoms with Crippen molar-refractivity contribution in [2.75, 3.05) is 40.0 Å². The molecule has 0 aromatic heterocycles. The summed E-state index contributed by atoms with van der Waals surface area (Å²) in [6.07, 6.45) is 4.70. The molecule has 2 aliphatic rings. The lowest BCUT2D eigenvalue weighted by atomic mass is 10.0. The maximum Gasteiger partial charge on any atom is 0.0900 e. The highest BCUT2D eigenvalue weighted by molar-refractivity contribution is 4.92. The topological polar surface area (TPSA) is 54.0 Å². The number of β-amino-alcohol motifs (C(OH)–C–C–N with tert-alkyl or cyclic N) is 1. The number of hydrogen-bond acceptors (Lipinski definition) is 5. The molecule has 2 saturated heterocycles. The Kier molecular flexibility index (Phi) is 6.71. The molecule has 2 fully saturated rings. The zero-order chi connectivity index (χ0) is 14.4. The molecule has 5 nitrogen and oxygen atoms in total. The smallest absolute Gasteiger partial charge is 0.0900 e. The fraction of sp³-hybridized carbons (Fsp3) is 1.00. The molecule has 2 N–H and O–H groups in total. The maximum atomic E-state index is 10.2. The third-order valence-corrected chi connectivity index (χ3v) is 4.40. The Bertz CT molecular complexity index is 272. The molecule has 0 aliphatic carbocycles. The summed E-state index contributed by atoms with van der Waals surface area (Å²) in [5, 5.41) is 13.8. The van der Waals surface area contributed by atoms with Crippen molar-refractivity contribution in [2.24, 2.45) is 0 Å². The highest BCUT2D eigenvalue weighted by Gasteiger charge is 2.33. The van der Waals surface area contributed by atoms with Crippen molar-refractivity contribution in [3.05, 3.63) is 0 Å². The van der Waals surface area contributed by atoms with E-state index in [1.807, 2.05) is 6.92 Å². The number of aliphatic hydroxyl groups is 1. The molecule has 118 valence electrons. The van der Waals surface area contributed by atoms with Gasteiger partial charge in [-0.2, -0.15) is 0 Å². The van der Waals surface area contributed by atoms with Crippen LogP contribution < -0.4 is 5.32 Å². The quantitative estimate of drug-likeness (QED) is 0.685. The Morgan fingerprint density at radius 3 is 2.85 bits per heavy atom. The molecule has 0 saturated carbocycles. The predicted molar refractivity (Wildman–Crippen MR) is 78.9 cm³/mol. The van der Waals surface area contributed by atoms with Gasteiger partial charge in [-0.15, -0.1) is 0 Å². The van der Waals surface area contributed by atoms with Crippen LogP contribution in [0.15, 0.2) is 0 Å². The van der Waals surface area contributed by atoms with Gasteiger partial charge in [0.25, 0.3) is 0 Å². The first-order valence-electron chi connectivity index (χ1n) is 7.96. The van der Waals surface area contributed by atoms with E-state index < -0.39 is 6.10 Å². The van der Waals surface area contributed by atoms with Crippen LogP contribution in [0.25, 0.3) is 0 Å². The molecular weight excluding hydrogens is 256 g/mol. The minimum absolute atomic E-state index is 0.0422. The Hall–Kier alpha value is -0.200. The highest BCUT2D eigenvalue weighted by Crippen LogP contribution is 2.24. The van der Waals surface area contributed by atoms with Gasteiger partial charge in [-0.05, 0) is 45.7 Å². The fourth-order valence-corrected chi connectivity index (χ4v) is 3.46. The fourth-order valence-electron chi connectivity index (χ4n) is 3.46. The Balaban J connectivity index is 1.70. The van der Waals surface area contributed by atoms with Gasteiger partial charge in [-0.25, -0.2) is 0 Å². The minimum atomic E-state index is -0.406. The van der Waals surface area contributed by atoms with E-state index in [-0.39, 0.29) is 6.10 Å². The van der Waals surface area contributed by atoms with Crippen LogP contribution in [0.2, 0.25) is 0 Å². The summed E-state index contributed by atoms with van der Waals surface area (Å²) < 4.78 is 10.6. The molecule has 4 unspecified atom stereocenters. The van der Waals surface area contributed by atoms with Gasteiger partial charge in [-0.3, -0.25) is 4.90 Å². The predicted octanol–water partition coefficient (Wildman–Crippen LogP) is 0.615. The van der Waals surface area contributed by atoms with Crippen LogP contribution in [-0.4, -0.2) is 74.3 Å². The van der Waals surface area contributed by atoms with Crippen molar-refractivity contribution in [2.45, 2.75) is 56.9 Å². The van der Waals surface area contributed by atoms with Crippen LogP contribution in [0.1, 0.15) is 32.6 Å². The molecule has 2 rings (SSSR count). The van der Waals surface area contributed by atoms with Crippen LogP contribution in [0, 0.1) is 0 Å². The number of methoxy groups -OCH3 is 1. The monoisotopic (exact) mass is 286 g/mol. The SMILES string of the molecule is COCC(C)OCC(O)CN1CCCC1C1CCCN1. The van der Waals surface area contributed by atoms with Crippen LogP contribution in [0.3, 0.4) is 0 Å². The third-order valence-electron chi connectivity index (χ3n) is 4.40. The van der Waals surface area contributed by atoms with E-state index in [0.29, 0.717) is 25.3 Å². The van der Waals surface area contributed by atoms with E-state index in [4.69, 9.17) is 9.47 Å². The normalized spacial score (nSPS) is 30.8. The zero-order valence-electron chi connectivity index (χ0n) is 12.9. The van der Waals surface area contributed by atoms with Gasteiger partial charge < -0.3 is 19.9 Å². The van der Waals surface area contributed by atoms with Crippen LogP contribution in [0.5, 0.6) is 0 Å². The molecule has 0 radical (unpaired) electrons. The van der Waals surface area contributed by atoms with Gasteiger partial charge in [0.1, 0.15) is 0 Å². The molecule has 0 spiro atoms. The first-order valence-corrected chi connectivity index (χ1v) is 7.96. The molecule has 2 aliphatic heterocycles. The van der Waals surface area contributed by atoms with Gasteiger partial charge in [-0.1, -0.05) is 0 Å². The van der Waals surface area contributed by atoms with Crippen molar-refractivity contribution in [1.82, 2.24) is 10.2 Å². The Morgan fingerprint density at radius 2 is 2.15 bits per heavy atom. The van der Waals surface area contributed by atoms with Crippen molar-refractivity contribution in [3.63, 3.8) is 0 Å². The van der Waals surface area contributed by atoms with Crippen LogP contribution >= 0.6 is 0 Å². The lowest BCUT2D eigenvalue weighted by Crippen LogP contribution is -2.47. The number of nitrogens with one attached hydrogen (secondary N) is 1. The second-order valence-corrected chi connectivity index (χ2v) is 6.16. The first kappa shape index (κ1) is 16.2. The second-order valence-electron chi connectivity index (χ2n) is 6.16. The Morgan fingerprint density at radius 1 is 1.30 bits per heavy atom. The lowest BCUT2D eigenvalue weighted by molar-refractivity contribution is -0.0413. The molecule has 4 atom stereocenters. The summed E-state index contributed by atoms with van der Waals surface area (Å²) in [6, 6.07) is 1.22. The van der Waals surface area contributed by atoms with E-state index >= 15 is 0 Å². The van der Waals surface area contributed by atoms with Gasteiger partial charge in [0.2, 0.25) is 0 Å². The van der Waals surface area contributed by atoms with Gasteiger partial charge >= 0.3 is 0 Å². The standard InChI is InChI=1S/C15H30N2O3/c1-12(10-19-2)20-11-13(18)9-17-8-4-6-15(17)14-5-3-7-16-14/h12-16,18H,3-11H2,1-2H3. The zero-order valence-corrected chi connectivity index (χ0v) is 12.9. The number of hydrogen-bond donors (Lipinski definition) is 2. The van der Waals surface area contributed by atoms with Gasteiger partial charge in [0.05, 0.1) is 25.4 Å². The number of aliphatic hydroxyl groups excluding tert-OH is 1.